The monoisotopic (exact) mass is 268 g/mol. The molecule has 0 saturated heterocycles. The van der Waals surface area contributed by atoms with Crippen molar-refractivity contribution in [2.75, 3.05) is 7.11 Å². The van der Waals surface area contributed by atoms with Crippen LogP contribution in [0.1, 0.15) is 16.1 Å². The molecular weight excluding hydrogens is 260 g/mol. The van der Waals surface area contributed by atoms with E-state index in [1.165, 1.54) is 7.11 Å². The molecule has 2 rings (SSSR count). The van der Waals surface area contributed by atoms with Crippen molar-refractivity contribution in [1.29, 1.82) is 0 Å². The Kier molecular flexibility index (Phi) is 2.77. The number of alkyl halides is 1. The minimum Gasteiger partial charge on any atom is -0.465 e. The van der Waals surface area contributed by atoms with Crippen LogP contribution in [0.5, 0.6) is 0 Å². The number of hydrogen-bond donors (Lipinski definition) is 0. The molecule has 78 valence electrons. The minimum absolute atomic E-state index is 0.335. The lowest BCUT2D eigenvalue weighted by atomic mass is 10.1. The highest BCUT2D eigenvalue weighted by molar-refractivity contribution is 9.08. The van der Waals surface area contributed by atoms with Gasteiger partial charge in [-0.3, -0.25) is 0 Å². The molecule has 0 atom stereocenters. The number of halogens is 1. The average Bonchev–Trinajstić information content (AvgIpc) is 2.69. The number of methoxy groups -OCH3 is 1. The van der Waals surface area contributed by atoms with Crippen LogP contribution in [0.2, 0.25) is 0 Å². The van der Waals surface area contributed by atoms with Crippen LogP contribution in [0.15, 0.2) is 28.7 Å². The van der Waals surface area contributed by atoms with Gasteiger partial charge in [0.25, 0.3) is 0 Å². The maximum Gasteiger partial charge on any atom is 0.337 e. The van der Waals surface area contributed by atoms with Crippen LogP contribution >= 0.6 is 15.9 Å². The molecule has 0 fully saturated rings. The van der Waals surface area contributed by atoms with Crippen LogP contribution in [0.3, 0.4) is 0 Å². The zero-order chi connectivity index (χ0) is 10.8. The second kappa shape index (κ2) is 4.06. The van der Waals surface area contributed by atoms with Crippen LogP contribution in [0, 0.1) is 0 Å². The first-order valence-electron chi connectivity index (χ1n) is 4.41. The Hall–Kier alpha value is -1.29. The maximum atomic E-state index is 11.3. The SMILES string of the molecule is COC(=O)c1ccc2oc(CBr)cc2c1. The molecule has 0 aliphatic carbocycles. The summed E-state index contributed by atoms with van der Waals surface area (Å²) in [7, 11) is 1.37. The fourth-order valence-corrected chi connectivity index (χ4v) is 1.69. The Labute approximate surface area is 95.1 Å². The summed E-state index contributed by atoms with van der Waals surface area (Å²) in [6, 6.07) is 7.12. The summed E-state index contributed by atoms with van der Waals surface area (Å²) < 4.78 is 10.1. The van der Waals surface area contributed by atoms with Gasteiger partial charge in [-0.05, 0) is 24.3 Å². The Balaban J connectivity index is 2.50. The van der Waals surface area contributed by atoms with E-state index in [1.807, 2.05) is 6.07 Å². The van der Waals surface area contributed by atoms with Crippen molar-refractivity contribution in [2.45, 2.75) is 5.33 Å². The van der Waals surface area contributed by atoms with Gasteiger partial charge in [-0.25, -0.2) is 4.79 Å². The van der Waals surface area contributed by atoms with Crippen LogP contribution in [0.25, 0.3) is 11.0 Å². The Morgan fingerprint density at radius 3 is 2.93 bits per heavy atom. The number of rotatable bonds is 2. The maximum absolute atomic E-state index is 11.3. The molecule has 0 N–H and O–H groups in total. The number of ether oxygens (including phenoxy) is 1. The van der Waals surface area contributed by atoms with Crippen LogP contribution in [-0.2, 0) is 10.1 Å². The molecule has 3 nitrogen and oxygen atoms in total. The molecule has 2 aromatic rings. The summed E-state index contributed by atoms with van der Waals surface area (Å²) >= 11 is 3.31. The lowest BCUT2D eigenvalue weighted by molar-refractivity contribution is 0.0601. The number of benzene rings is 1. The number of fused-ring (bicyclic) bond motifs is 1. The predicted octanol–water partition coefficient (Wildman–Crippen LogP) is 3.11. The van der Waals surface area contributed by atoms with Gasteiger partial charge in [0.2, 0.25) is 0 Å². The Morgan fingerprint density at radius 1 is 1.47 bits per heavy atom. The molecule has 0 aliphatic rings. The van der Waals surface area contributed by atoms with Gasteiger partial charge in [0.05, 0.1) is 18.0 Å². The number of esters is 1. The molecular formula is C11H9BrO3. The minimum atomic E-state index is -0.335. The molecule has 0 radical (unpaired) electrons. The van der Waals surface area contributed by atoms with Gasteiger partial charge >= 0.3 is 5.97 Å². The molecule has 4 heteroatoms. The van der Waals surface area contributed by atoms with E-state index in [4.69, 9.17) is 4.42 Å². The molecule has 0 bridgehead atoms. The Morgan fingerprint density at radius 2 is 2.27 bits per heavy atom. The van der Waals surface area contributed by atoms with Crippen molar-refractivity contribution in [1.82, 2.24) is 0 Å². The Bertz CT molecular complexity index is 502. The van der Waals surface area contributed by atoms with E-state index in [-0.39, 0.29) is 5.97 Å². The summed E-state index contributed by atoms with van der Waals surface area (Å²) in [4.78, 5) is 11.3. The highest BCUT2D eigenvalue weighted by Gasteiger charge is 2.08. The van der Waals surface area contributed by atoms with Crippen molar-refractivity contribution < 1.29 is 13.9 Å². The fourth-order valence-electron chi connectivity index (χ4n) is 1.41. The first kappa shape index (κ1) is 10.2. The molecule has 1 heterocycles. The van der Waals surface area contributed by atoms with Gasteiger partial charge in [-0.2, -0.15) is 0 Å². The third-order valence-corrected chi connectivity index (χ3v) is 2.67. The quantitative estimate of drug-likeness (QED) is 0.621. The number of carbonyl (C=O) groups excluding carboxylic acids is 1. The van der Waals surface area contributed by atoms with Gasteiger partial charge in [0.15, 0.2) is 0 Å². The predicted molar refractivity (Wildman–Crippen MR) is 60.2 cm³/mol. The molecule has 0 aliphatic heterocycles. The van der Waals surface area contributed by atoms with Crippen molar-refractivity contribution in [2.24, 2.45) is 0 Å². The van der Waals surface area contributed by atoms with Crippen molar-refractivity contribution in [3.05, 3.63) is 35.6 Å². The first-order valence-corrected chi connectivity index (χ1v) is 5.53. The molecule has 0 amide bonds. The largest absolute Gasteiger partial charge is 0.465 e. The molecule has 1 aromatic carbocycles. The number of furan rings is 1. The van der Waals surface area contributed by atoms with Crippen molar-refractivity contribution >= 4 is 32.9 Å². The van der Waals surface area contributed by atoms with Gasteiger partial charge in [-0.15, -0.1) is 0 Å². The van der Waals surface area contributed by atoms with E-state index in [1.54, 1.807) is 18.2 Å². The standard InChI is InChI=1S/C11H9BrO3/c1-14-11(13)7-2-3-10-8(4-7)5-9(6-12)15-10/h2-5H,6H2,1H3. The summed E-state index contributed by atoms with van der Waals surface area (Å²) in [6.45, 7) is 0. The zero-order valence-corrected chi connectivity index (χ0v) is 9.71. The third-order valence-electron chi connectivity index (χ3n) is 2.12. The molecule has 0 saturated carbocycles. The third kappa shape index (κ3) is 1.90. The van der Waals surface area contributed by atoms with Gasteiger partial charge < -0.3 is 9.15 Å². The summed E-state index contributed by atoms with van der Waals surface area (Å²) in [5, 5.41) is 1.57. The summed E-state index contributed by atoms with van der Waals surface area (Å²) in [6.07, 6.45) is 0. The lowest BCUT2D eigenvalue weighted by Gasteiger charge is -1.97. The van der Waals surface area contributed by atoms with E-state index in [0.717, 1.165) is 16.7 Å². The summed E-state index contributed by atoms with van der Waals surface area (Å²) in [5.41, 5.74) is 1.31. The van der Waals surface area contributed by atoms with Gasteiger partial charge in [0, 0.05) is 5.39 Å². The summed E-state index contributed by atoms with van der Waals surface area (Å²) in [5.74, 6) is 0.505. The normalized spacial score (nSPS) is 10.5. The van der Waals surface area contributed by atoms with E-state index >= 15 is 0 Å². The fraction of sp³-hybridized carbons (Fsp3) is 0.182. The highest BCUT2D eigenvalue weighted by atomic mass is 79.9. The molecule has 15 heavy (non-hydrogen) atoms. The second-order valence-electron chi connectivity index (χ2n) is 3.09. The van der Waals surface area contributed by atoms with E-state index in [2.05, 4.69) is 20.7 Å². The topological polar surface area (TPSA) is 39.4 Å². The molecule has 1 aromatic heterocycles. The number of carbonyl (C=O) groups is 1. The van der Waals surface area contributed by atoms with E-state index in [9.17, 15) is 4.79 Å². The smallest absolute Gasteiger partial charge is 0.337 e. The van der Waals surface area contributed by atoms with Crippen molar-refractivity contribution in [3.8, 4) is 0 Å². The van der Waals surface area contributed by atoms with Crippen LogP contribution in [0.4, 0.5) is 0 Å². The zero-order valence-electron chi connectivity index (χ0n) is 8.12. The second-order valence-corrected chi connectivity index (χ2v) is 3.65. The van der Waals surface area contributed by atoms with Crippen molar-refractivity contribution in [3.63, 3.8) is 0 Å². The molecule has 0 unspecified atom stereocenters. The average molecular weight is 269 g/mol. The number of hydrogen-bond acceptors (Lipinski definition) is 3. The molecule has 0 spiro atoms. The lowest BCUT2D eigenvalue weighted by Crippen LogP contribution is -1.99. The highest BCUT2D eigenvalue weighted by Crippen LogP contribution is 2.22. The van der Waals surface area contributed by atoms with Gasteiger partial charge in [0.1, 0.15) is 11.3 Å². The van der Waals surface area contributed by atoms with Crippen LogP contribution in [-0.4, -0.2) is 13.1 Å². The first-order chi connectivity index (χ1) is 7.24. The van der Waals surface area contributed by atoms with E-state index < -0.39 is 0 Å². The van der Waals surface area contributed by atoms with Gasteiger partial charge in [-0.1, -0.05) is 15.9 Å². The van der Waals surface area contributed by atoms with E-state index in [0.29, 0.717) is 10.9 Å². The van der Waals surface area contributed by atoms with Crippen LogP contribution < -0.4 is 0 Å².